The number of nitrogens with zero attached hydrogens (tertiary/aromatic N) is 3. The average Bonchev–Trinajstić information content (AvgIpc) is 2.83. The summed E-state index contributed by atoms with van der Waals surface area (Å²) in [4.78, 5) is 45.8. The highest BCUT2D eigenvalue weighted by Gasteiger charge is 2.11. The van der Waals surface area contributed by atoms with Crippen LogP contribution in [-0.4, -0.2) is 29.5 Å². The summed E-state index contributed by atoms with van der Waals surface area (Å²) in [6.07, 6.45) is 1.54. The molecule has 0 aromatic carbocycles. The average molecular weight is 341 g/mol. The molecule has 11 heteroatoms. The van der Waals surface area contributed by atoms with Gasteiger partial charge in [-0.05, 0) is 6.92 Å². The molecule has 22 heavy (non-hydrogen) atoms. The first-order chi connectivity index (χ1) is 10.5. The molecule has 0 saturated heterocycles. The molecule has 0 atom stereocenters. The van der Waals surface area contributed by atoms with E-state index in [0.29, 0.717) is 10.8 Å². The first-order valence-electron chi connectivity index (χ1n) is 6.04. The van der Waals surface area contributed by atoms with Crippen LogP contribution in [0.5, 0.6) is 0 Å². The van der Waals surface area contributed by atoms with E-state index in [9.17, 15) is 14.4 Å². The molecule has 3 aromatic heterocycles. The molecule has 0 unspecified atom stereocenters. The quantitative estimate of drug-likeness (QED) is 0.578. The minimum absolute atomic E-state index is 0.101. The summed E-state index contributed by atoms with van der Waals surface area (Å²) < 4.78 is 1.15. The Morgan fingerprint density at radius 3 is 2.82 bits per heavy atom. The third-order valence-electron chi connectivity index (χ3n) is 2.84. The van der Waals surface area contributed by atoms with Crippen molar-refractivity contribution in [3.05, 3.63) is 53.8 Å². The first kappa shape index (κ1) is 14.6. The summed E-state index contributed by atoms with van der Waals surface area (Å²) in [6, 6.07) is 0. The molecule has 0 amide bonds. The Morgan fingerprint density at radius 1 is 1.27 bits per heavy atom. The standard InChI is InChI=1S/C11H9ClN6O3S/c1-4-2-13-18-7(4)15-10(17-11(18)21)22-3-5-6(12)8(19)16-9(20)14-5/h2H,3H2,1H3,(H,15,17,21)(H2,14,16,19,20). The van der Waals surface area contributed by atoms with Crippen LogP contribution in [0.4, 0.5) is 0 Å². The van der Waals surface area contributed by atoms with E-state index in [-0.39, 0.29) is 16.5 Å². The second kappa shape index (κ2) is 5.46. The van der Waals surface area contributed by atoms with Crippen LogP contribution in [0.25, 0.3) is 5.65 Å². The number of aromatic amines is 3. The number of H-pyrrole nitrogens is 3. The Hall–Kier alpha value is -2.33. The van der Waals surface area contributed by atoms with Gasteiger partial charge in [-0.25, -0.2) is 14.6 Å². The Kier molecular flexibility index (Phi) is 3.62. The van der Waals surface area contributed by atoms with Crippen molar-refractivity contribution in [1.82, 2.24) is 29.5 Å². The van der Waals surface area contributed by atoms with Crippen LogP contribution in [0, 0.1) is 6.92 Å². The van der Waals surface area contributed by atoms with Crippen molar-refractivity contribution in [3.8, 4) is 0 Å². The third-order valence-corrected chi connectivity index (χ3v) is 4.14. The van der Waals surface area contributed by atoms with Crippen LogP contribution in [-0.2, 0) is 5.75 Å². The van der Waals surface area contributed by atoms with E-state index in [1.54, 1.807) is 6.92 Å². The molecule has 0 aliphatic heterocycles. The highest BCUT2D eigenvalue weighted by molar-refractivity contribution is 7.98. The van der Waals surface area contributed by atoms with Crippen molar-refractivity contribution in [1.29, 1.82) is 0 Å². The van der Waals surface area contributed by atoms with Gasteiger partial charge in [-0.2, -0.15) is 9.61 Å². The van der Waals surface area contributed by atoms with Gasteiger partial charge in [-0.15, -0.1) is 0 Å². The summed E-state index contributed by atoms with van der Waals surface area (Å²) in [6.45, 7) is 1.79. The molecule has 0 spiro atoms. The molecule has 114 valence electrons. The maximum Gasteiger partial charge on any atom is 0.350 e. The highest BCUT2D eigenvalue weighted by atomic mass is 35.5. The second-order valence-electron chi connectivity index (χ2n) is 4.40. The number of rotatable bonds is 3. The molecule has 3 rings (SSSR count). The molecule has 3 heterocycles. The molecular weight excluding hydrogens is 332 g/mol. The SMILES string of the molecule is Cc1cnn2c(=O)[nH]c(SCc3[nH]c(=O)[nH]c(=O)c3Cl)nc12. The van der Waals surface area contributed by atoms with Gasteiger partial charge < -0.3 is 4.98 Å². The van der Waals surface area contributed by atoms with Crippen LogP contribution < -0.4 is 16.9 Å². The molecule has 9 nitrogen and oxygen atoms in total. The molecule has 3 aromatic rings. The molecule has 0 fully saturated rings. The van der Waals surface area contributed by atoms with Crippen molar-refractivity contribution in [2.24, 2.45) is 0 Å². The topological polar surface area (TPSA) is 129 Å². The van der Waals surface area contributed by atoms with Crippen LogP contribution in [0.15, 0.2) is 25.7 Å². The predicted molar refractivity (Wildman–Crippen MR) is 80.6 cm³/mol. The fourth-order valence-corrected chi connectivity index (χ4v) is 2.85. The maximum absolute atomic E-state index is 11.9. The Morgan fingerprint density at radius 2 is 2.05 bits per heavy atom. The third kappa shape index (κ3) is 2.57. The lowest BCUT2D eigenvalue weighted by Gasteiger charge is -2.03. The maximum atomic E-state index is 11.9. The molecule has 0 aliphatic rings. The van der Waals surface area contributed by atoms with Crippen molar-refractivity contribution < 1.29 is 0 Å². The molecular formula is C11H9ClN6O3S. The number of hydrogen-bond acceptors (Lipinski definition) is 6. The molecule has 3 N–H and O–H groups in total. The van der Waals surface area contributed by atoms with Crippen LogP contribution >= 0.6 is 23.4 Å². The first-order valence-corrected chi connectivity index (χ1v) is 7.40. The van der Waals surface area contributed by atoms with Gasteiger partial charge in [0.2, 0.25) is 0 Å². The fraction of sp³-hybridized carbons (Fsp3) is 0.182. The van der Waals surface area contributed by atoms with Crippen molar-refractivity contribution in [2.75, 3.05) is 0 Å². The lowest BCUT2D eigenvalue weighted by Crippen LogP contribution is -2.24. The van der Waals surface area contributed by atoms with E-state index in [0.717, 1.165) is 21.8 Å². The van der Waals surface area contributed by atoms with Gasteiger partial charge in [0.1, 0.15) is 5.02 Å². The van der Waals surface area contributed by atoms with E-state index in [4.69, 9.17) is 11.6 Å². The molecule has 0 radical (unpaired) electrons. The van der Waals surface area contributed by atoms with E-state index in [1.807, 2.05) is 4.98 Å². The zero-order chi connectivity index (χ0) is 15.9. The normalized spacial score (nSPS) is 11.2. The number of nitrogens with one attached hydrogen (secondary N) is 3. The van der Waals surface area contributed by atoms with Gasteiger partial charge in [0.25, 0.3) is 5.56 Å². The van der Waals surface area contributed by atoms with Gasteiger partial charge in [0, 0.05) is 11.3 Å². The minimum atomic E-state index is -0.662. The Labute approximate surface area is 130 Å². The molecule has 0 aliphatic carbocycles. The Bertz CT molecular complexity index is 1030. The van der Waals surface area contributed by atoms with E-state index < -0.39 is 16.9 Å². The van der Waals surface area contributed by atoms with E-state index in [2.05, 4.69) is 20.1 Å². The lowest BCUT2D eigenvalue weighted by molar-refractivity contribution is 0.786. The summed E-state index contributed by atoms with van der Waals surface area (Å²) in [7, 11) is 0. The van der Waals surface area contributed by atoms with Crippen LogP contribution in [0.3, 0.4) is 0 Å². The van der Waals surface area contributed by atoms with Gasteiger partial charge in [0.05, 0.1) is 11.9 Å². The number of halogens is 1. The smallest absolute Gasteiger partial charge is 0.309 e. The monoisotopic (exact) mass is 340 g/mol. The van der Waals surface area contributed by atoms with Gasteiger partial charge in [0.15, 0.2) is 10.8 Å². The van der Waals surface area contributed by atoms with Crippen LogP contribution in [0.2, 0.25) is 5.02 Å². The summed E-state index contributed by atoms with van der Waals surface area (Å²) in [5, 5.41) is 4.13. The number of aromatic nitrogens is 6. The largest absolute Gasteiger partial charge is 0.350 e. The second-order valence-corrected chi connectivity index (χ2v) is 5.74. The zero-order valence-electron chi connectivity index (χ0n) is 11.1. The summed E-state index contributed by atoms with van der Waals surface area (Å²) in [5.41, 5.74) is -0.273. The van der Waals surface area contributed by atoms with E-state index >= 15 is 0 Å². The van der Waals surface area contributed by atoms with Gasteiger partial charge in [-0.3, -0.25) is 14.8 Å². The molecule has 0 bridgehead atoms. The highest BCUT2D eigenvalue weighted by Crippen LogP contribution is 2.20. The van der Waals surface area contributed by atoms with Crippen molar-refractivity contribution in [3.63, 3.8) is 0 Å². The van der Waals surface area contributed by atoms with Crippen molar-refractivity contribution >= 4 is 29.0 Å². The zero-order valence-corrected chi connectivity index (χ0v) is 12.7. The number of fused-ring (bicyclic) bond motifs is 1. The fourth-order valence-electron chi connectivity index (χ4n) is 1.80. The van der Waals surface area contributed by atoms with E-state index in [1.165, 1.54) is 6.20 Å². The number of thioether (sulfide) groups is 1. The lowest BCUT2D eigenvalue weighted by atomic mass is 10.4. The van der Waals surface area contributed by atoms with Crippen LogP contribution in [0.1, 0.15) is 11.3 Å². The summed E-state index contributed by atoms with van der Waals surface area (Å²) >= 11 is 6.96. The van der Waals surface area contributed by atoms with Crippen molar-refractivity contribution in [2.45, 2.75) is 17.8 Å². The van der Waals surface area contributed by atoms with Gasteiger partial charge >= 0.3 is 11.4 Å². The Balaban J connectivity index is 1.95. The summed E-state index contributed by atoms with van der Waals surface area (Å²) in [5.74, 6) is 0.171. The number of hydrogen-bond donors (Lipinski definition) is 3. The van der Waals surface area contributed by atoms with Gasteiger partial charge in [-0.1, -0.05) is 23.4 Å². The predicted octanol–water partition coefficient (Wildman–Crippen LogP) is 0.0483. The minimum Gasteiger partial charge on any atom is -0.309 e. The number of aryl methyl sites for hydroxylation is 1. The molecule has 0 saturated carbocycles.